The Morgan fingerprint density at radius 2 is 0.962 bits per heavy atom. The topological polar surface area (TPSA) is 44.2 Å². The molecular formula is C49H34N2O2. The summed E-state index contributed by atoms with van der Waals surface area (Å²) in [4.78, 5) is 10.5. The van der Waals surface area contributed by atoms with E-state index >= 15 is 0 Å². The van der Waals surface area contributed by atoms with Crippen molar-refractivity contribution in [3.8, 4) is 90.3 Å². The molecule has 10 rings (SSSR count). The van der Waals surface area contributed by atoms with Gasteiger partial charge in [0.05, 0.1) is 11.4 Å². The predicted octanol–water partition coefficient (Wildman–Crippen LogP) is 13.0. The van der Waals surface area contributed by atoms with Gasteiger partial charge in [-0.15, -0.1) is 0 Å². The van der Waals surface area contributed by atoms with E-state index in [2.05, 4.69) is 153 Å². The number of para-hydroxylation sites is 1. The van der Waals surface area contributed by atoms with Gasteiger partial charge in [-0.2, -0.15) is 0 Å². The van der Waals surface area contributed by atoms with Crippen LogP contribution in [0.4, 0.5) is 0 Å². The van der Waals surface area contributed by atoms with Gasteiger partial charge in [-0.25, -0.2) is 9.97 Å². The Balaban J connectivity index is 1.14. The lowest BCUT2D eigenvalue weighted by Gasteiger charge is -2.26. The molecule has 0 saturated carbocycles. The quantitative estimate of drug-likeness (QED) is 0.181. The highest BCUT2D eigenvalue weighted by molar-refractivity contribution is 5.89. The molecule has 0 bridgehead atoms. The van der Waals surface area contributed by atoms with Crippen LogP contribution in [-0.4, -0.2) is 9.97 Å². The van der Waals surface area contributed by atoms with E-state index in [-0.39, 0.29) is 5.41 Å². The standard InChI is InChI=1S/C49H34N2O2/c1-49(2)39-24-10-9-22-37(39)45-40(49)26-27-44-47(45)53-46-38(23-13-25-43(46)52-44)42-30-41(35-20-11-18-33(28-35)31-14-5-3-6-15-31)50-48(51-42)36-21-12-19-34(29-36)32-16-7-4-8-17-32/h3-30H,1-2H3. The average Bonchev–Trinajstić information content (AvgIpc) is 3.46. The maximum Gasteiger partial charge on any atom is 0.179 e. The maximum absolute atomic E-state index is 7.02. The summed E-state index contributed by atoms with van der Waals surface area (Å²) < 4.78 is 13.7. The molecule has 53 heavy (non-hydrogen) atoms. The summed E-state index contributed by atoms with van der Waals surface area (Å²) in [5, 5.41) is 0. The van der Waals surface area contributed by atoms with E-state index in [0.29, 0.717) is 23.1 Å². The first-order valence-electron chi connectivity index (χ1n) is 18.0. The second-order valence-corrected chi connectivity index (χ2v) is 14.2. The number of hydrogen-bond acceptors (Lipinski definition) is 4. The molecule has 4 heteroatoms. The number of benzene rings is 7. The highest BCUT2D eigenvalue weighted by Gasteiger charge is 2.40. The van der Waals surface area contributed by atoms with E-state index in [1.54, 1.807) is 0 Å². The Morgan fingerprint density at radius 3 is 1.72 bits per heavy atom. The van der Waals surface area contributed by atoms with Crippen molar-refractivity contribution in [1.29, 1.82) is 0 Å². The van der Waals surface area contributed by atoms with E-state index < -0.39 is 0 Å². The Kier molecular flexibility index (Phi) is 7.12. The highest BCUT2D eigenvalue weighted by Crippen LogP contribution is 2.59. The van der Waals surface area contributed by atoms with Crippen molar-refractivity contribution in [1.82, 2.24) is 9.97 Å². The van der Waals surface area contributed by atoms with Crippen molar-refractivity contribution < 1.29 is 9.47 Å². The van der Waals surface area contributed by atoms with Gasteiger partial charge >= 0.3 is 0 Å². The van der Waals surface area contributed by atoms with Gasteiger partial charge < -0.3 is 9.47 Å². The van der Waals surface area contributed by atoms with Crippen molar-refractivity contribution in [2.24, 2.45) is 0 Å². The van der Waals surface area contributed by atoms with Crippen LogP contribution in [0.15, 0.2) is 170 Å². The molecule has 2 aliphatic rings. The van der Waals surface area contributed by atoms with E-state index in [0.717, 1.165) is 61.6 Å². The zero-order valence-electron chi connectivity index (χ0n) is 29.4. The molecule has 252 valence electrons. The Hall–Kier alpha value is -6.78. The van der Waals surface area contributed by atoms with Crippen LogP contribution in [0.2, 0.25) is 0 Å². The minimum Gasteiger partial charge on any atom is -0.449 e. The monoisotopic (exact) mass is 682 g/mol. The number of fused-ring (bicyclic) bond motifs is 6. The van der Waals surface area contributed by atoms with Crippen LogP contribution in [0.3, 0.4) is 0 Å². The van der Waals surface area contributed by atoms with Gasteiger partial charge in [0.25, 0.3) is 0 Å². The summed E-state index contributed by atoms with van der Waals surface area (Å²) in [6.07, 6.45) is 0. The van der Waals surface area contributed by atoms with Crippen molar-refractivity contribution in [3.63, 3.8) is 0 Å². The van der Waals surface area contributed by atoms with Gasteiger partial charge in [0, 0.05) is 27.7 Å². The molecule has 0 unspecified atom stereocenters. The maximum atomic E-state index is 7.02. The summed E-state index contributed by atoms with van der Waals surface area (Å²) in [5.41, 5.74) is 13.5. The second kappa shape index (κ2) is 12.2. The fourth-order valence-corrected chi connectivity index (χ4v) is 7.87. The lowest BCUT2D eigenvalue weighted by atomic mass is 9.82. The smallest absolute Gasteiger partial charge is 0.179 e. The molecule has 0 radical (unpaired) electrons. The van der Waals surface area contributed by atoms with Crippen LogP contribution >= 0.6 is 0 Å². The Morgan fingerprint density at radius 1 is 0.396 bits per heavy atom. The molecule has 1 aliphatic heterocycles. The summed E-state index contributed by atoms with van der Waals surface area (Å²) in [7, 11) is 0. The van der Waals surface area contributed by atoms with Gasteiger partial charge in [0.2, 0.25) is 0 Å². The minimum atomic E-state index is -0.164. The van der Waals surface area contributed by atoms with E-state index in [1.807, 2.05) is 30.3 Å². The fraction of sp³-hybridized carbons (Fsp3) is 0.0612. The molecule has 0 saturated heterocycles. The molecule has 8 aromatic rings. The average molecular weight is 683 g/mol. The second-order valence-electron chi connectivity index (χ2n) is 14.2. The summed E-state index contributed by atoms with van der Waals surface area (Å²) in [6.45, 7) is 4.55. The molecule has 0 spiro atoms. The first-order chi connectivity index (χ1) is 26.0. The number of ether oxygens (including phenoxy) is 2. The summed E-state index contributed by atoms with van der Waals surface area (Å²) in [6, 6.07) is 58.7. The van der Waals surface area contributed by atoms with Crippen molar-refractivity contribution in [2.75, 3.05) is 0 Å². The zero-order chi connectivity index (χ0) is 35.5. The first-order valence-corrected chi connectivity index (χ1v) is 18.0. The molecule has 0 N–H and O–H groups in total. The molecule has 0 atom stereocenters. The van der Waals surface area contributed by atoms with Crippen LogP contribution in [-0.2, 0) is 5.41 Å². The number of rotatable bonds is 5. The van der Waals surface area contributed by atoms with E-state index in [1.165, 1.54) is 16.7 Å². The normalized spacial score (nSPS) is 13.2. The number of hydrogen-bond donors (Lipinski definition) is 0. The van der Waals surface area contributed by atoms with Crippen molar-refractivity contribution in [3.05, 3.63) is 181 Å². The molecule has 1 aromatic heterocycles. The third-order valence-electron chi connectivity index (χ3n) is 10.6. The van der Waals surface area contributed by atoms with E-state index in [4.69, 9.17) is 19.4 Å². The van der Waals surface area contributed by atoms with Crippen LogP contribution in [0, 0.1) is 0 Å². The van der Waals surface area contributed by atoms with Crippen LogP contribution in [0.1, 0.15) is 25.0 Å². The van der Waals surface area contributed by atoms with Gasteiger partial charge in [-0.3, -0.25) is 0 Å². The third-order valence-corrected chi connectivity index (χ3v) is 10.6. The minimum absolute atomic E-state index is 0.164. The van der Waals surface area contributed by atoms with Crippen molar-refractivity contribution in [2.45, 2.75) is 19.3 Å². The molecule has 1 aliphatic carbocycles. The SMILES string of the molecule is CC1(C)c2ccccc2-c2c1ccc1c2Oc2c(cccc2-c2cc(-c3cccc(-c4ccccc4)c3)nc(-c3cccc(-c4ccccc4)c3)n2)O1. The summed E-state index contributed by atoms with van der Waals surface area (Å²) in [5.74, 6) is 3.37. The third kappa shape index (κ3) is 5.22. The van der Waals surface area contributed by atoms with Crippen molar-refractivity contribution >= 4 is 0 Å². The molecular weight excluding hydrogens is 649 g/mol. The predicted molar refractivity (Wildman–Crippen MR) is 213 cm³/mol. The Bertz CT molecular complexity index is 2600. The van der Waals surface area contributed by atoms with Crippen LogP contribution in [0.5, 0.6) is 23.0 Å². The van der Waals surface area contributed by atoms with E-state index in [9.17, 15) is 0 Å². The van der Waals surface area contributed by atoms with Crippen LogP contribution < -0.4 is 9.47 Å². The largest absolute Gasteiger partial charge is 0.449 e. The van der Waals surface area contributed by atoms with Gasteiger partial charge in [-0.05, 0) is 75.3 Å². The molecule has 2 heterocycles. The van der Waals surface area contributed by atoms with Gasteiger partial charge in [0.1, 0.15) is 0 Å². The zero-order valence-corrected chi connectivity index (χ0v) is 29.4. The molecule has 7 aromatic carbocycles. The van der Waals surface area contributed by atoms with Gasteiger partial charge in [0.15, 0.2) is 28.8 Å². The number of aromatic nitrogens is 2. The lowest BCUT2D eigenvalue weighted by Crippen LogP contribution is -2.15. The molecule has 0 fully saturated rings. The Labute approximate surface area is 309 Å². The number of nitrogens with zero attached hydrogens (tertiary/aromatic N) is 2. The highest BCUT2D eigenvalue weighted by atomic mass is 16.6. The molecule has 4 nitrogen and oxygen atoms in total. The summed E-state index contributed by atoms with van der Waals surface area (Å²) >= 11 is 0. The van der Waals surface area contributed by atoms with Crippen LogP contribution in [0.25, 0.3) is 67.3 Å². The fourth-order valence-electron chi connectivity index (χ4n) is 7.87. The lowest BCUT2D eigenvalue weighted by molar-refractivity contribution is 0.361. The first kappa shape index (κ1) is 31.0. The van der Waals surface area contributed by atoms with Gasteiger partial charge in [-0.1, -0.05) is 147 Å². The molecule has 0 amide bonds.